The number of rotatable bonds is 1. The molecule has 0 amide bonds. The molecule has 0 aromatic carbocycles. The van der Waals surface area contributed by atoms with Crippen molar-refractivity contribution in [1.29, 1.82) is 0 Å². The normalized spacial score (nSPS) is 20.5. The molecule has 1 saturated heterocycles. The molecule has 0 aliphatic carbocycles. The number of nitrogens with zero attached hydrogens (tertiary/aromatic N) is 2. The molecule has 1 aliphatic rings. The average Bonchev–Trinajstić information content (AvgIpc) is 2.40. The summed E-state index contributed by atoms with van der Waals surface area (Å²) in [5, 5.41) is 0. The molecule has 88 valence electrons. The molecule has 1 aliphatic heterocycles. The van der Waals surface area contributed by atoms with E-state index in [0.717, 1.165) is 24.6 Å². The fourth-order valence-electron chi connectivity index (χ4n) is 2.31. The van der Waals surface area contributed by atoms with Gasteiger partial charge in [0.15, 0.2) is 5.82 Å². The molecule has 1 aromatic heterocycles. The van der Waals surface area contributed by atoms with Crippen LogP contribution in [0.4, 0.5) is 11.5 Å². The third kappa shape index (κ3) is 2.46. The van der Waals surface area contributed by atoms with E-state index in [0.29, 0.717) is 5.41 Å². The zero-order chi connectivity index (χ0) is 11.6. The highest BCUT2D eigenvalue weighted by Gasteiger charge is 2.24. The van der Waals surface area contributed by atoms with E-state index in [4.69, 9.17) is 5.73 Å². The highest BCUT2D eigenvalue weighted by molar-refractivity contribution is 5.62. The lowest BCUT2D eigenvalue weighted by Crippen LogP contribution is -2.26. The van der Waals surface area contributed by atoms with Crippen LogP contribution < -0.4 is 10.6 Å². The number of hydrogen-bond donors (Lipinski definition) is 1. The van der Waals surface area contributed by atoms with E-state index in [1.54, 1.807) is 0 Å². The Bertz CT molecular complexity index is 360. The molecule has 3 heteroatoms. The number of nitrogen functional groups attached to an aromatic ring is 1. The predicted octanol–water partition coefficient (Wildman–Crippen LogP) is 2.68. The zero-order valence-electron chi connectivity index (χ0n) is 10.2. The van der Waals surface area contributed by atoms with Gasteiger partial charge < -0.3 is 10.6 Å². The van der Waals surface area contributed by atoms with Gasteiger partial charge in [0.2, 0.25) is 0 Å². The molecule has 0 saturated carbocycles. The highest BCUT2D eigenvalue weighted by atomic mass is 15.2. The maximum atomic E-state index is 5.97. The Labute approximate surface area is 97.7 Å². The van der Waals surface area contributed by atoms with Crippen molar-refractivity contribution in [3.63, 3.8) is 0 Å². The first-order valence-electron chi connectivity index (χ1n) is 6.04. The average molecular weight is 219 g/mol. The van der Waals surface area contributed by atoms with Crippen LogP contribution in [0.1, 0.15) is 33.1 Å². The van der Waals surface area contributed by atoms with E-state index in [-0.39, 0.29) is 0 Å². The van der Waals surface area contributed by atoms with Crippen LogP contribution in [0.25, 0.3) is 0 Å². The van der Waals surface area contributed by atoms with Gasteiger partial charge >= 0.3 is 0 Å². The molecule has 0 radical (unpaired) electrons. The molecule has 2 heterocycles. The summed E-state index contributed by atoms with van der Waals surface area (Å²) in [5.74, 6) is 0.959. The standard InChI is InChI=1S/C13H21N3/c1-13(2)6-4-9-16(10-7-13)12-11(14)5-3-8-15-12/h3,5,8H,4,6-7,9-10,14H2,1-2H3. The fourth-order valence-corrected chi connectivity index (χ4v) is 2.31. The summed E-state index contributed by atoms with van der Waals surface area (Å²) in [5.41, 5.74) is 7.22. The summed E-state index contributed by atoms with van der Waals surface area (Å²) in [6.07, 6.45) is 5.55. The second-order valence-electron chi connectivity index (χ2n) is 5.42. The van der Waals surface area contributed by atoms with E-state index in [2.05, 4.69) is 23.7 Å². The largest absolute Gasteiger partial charge is 0.396 e. The number of hydrogen-bond acceptors (Lipinski definition) is 3. The first-order chi connectivity index (χ1) is 7.58. The van der Waals surface area contributed by atoms with Crippen LogP contribution in [-0.4, -0.2) is 18.1 Å². The van der Waals surface area contributed by atoms with Crippen LogP contribution in [-0.2, 0) is 0 Å². The number of aromatic nitrogens is 1. The molecule has 0 unspecified atom stereocenters. The van der Waals surface area contributed by atoms with Gasteiger partial charge in [-0.1, -0.05) is 13.8 Å². The molecule has 0 atom stereocenters. The maximum Gasteiger partial charge on any atom is 0.151 e. The Morgan fingerprint density at radius 3 is 2.88 bits per heavy atom. The summed E-state index contributed by atoms with van der Waals surface area (Å²) in [7, 11) is 0. The van der Waals surface area contributed by atoms with Crippen LogP contribution in [0.3, 0.4) is 0 Å². The van der Waals surface area contributed by atoms with E-state index in [1.807, 2.05) is 18.3 Å². The lowest BCUT2D eigenvalue weighted by Gasteiger charge is -2.24. The second-order valence-corrected chi connectivity index (χ2v) is 5.42. The third-order valence-corrected chi connectivity index (χ3v) is 3.46. The summed E-state index contributed by atoms with van der Waals surface area (Å²) in [4.78, 5) is 6.72. The van der Waals surface area contributed by atoms with Gasteiger partial charge in [0.1, 0.15) is 0 Å². The van der Waals surface area contributed by atoms with Gasteiger partial charge in [0.25, 0.3) is 0 Å². The number of pyridine rings is 1. The zero-order valence-corrected chi connectivity index (χ0v) is 10.2. The molecule has 2 rings (SSSR count). The number of anilines is 2. The molecule has 3 nitrogen and oxygen atoms in total. The molecule has 1 aromatic rings. The predicted molar refractivity (Wildman–Crippen MR) is 68.5 cm³/mol. The molecule has 0 bridgehead atoms. The van der Waals surface area contributed by atoms with E-state index in [1.165, 1.54) is 19.3 Å². The van der Waals surface area contributed by atoms with Crippen molar-refractivity contribution in [1.82, 2.24) is 4.98 Å². The van der Waals surface area contributed by atoms with Crippen molar-refractivity contribution < 1.29 is 0 Å². The smallest absolute Gasteiger partial charge is 0.151 e. The van der Waals surface area contributed by atoms with Crippen LogP contribution in [0.5, 0.6) is 0 Å². The first kappa shape index (κ1) is 11.2. The van der Waals surface area contributed by atoms with Crippen LogP contribution in [0.15, 0.2) is 18.3 Å². The summed E-state index contributed by atoms with van der Waals surface area (Å²) in [6, 6.07) is 3.82. The van der Waals surface area contributed by atoms with E-state index >= 15 is 0 Å². The van der Waals surface area contributed by atoms with Gasteiger partial charge in [-0.05, 0) is 36.8 Å². The van der Waals surface area contributed by atoms with E-state index < -0.39 is 0 Å². The maximum absolute atomic E-state index is 5.97. The quantitative estimate of drug-likeness (QED) is 0.789. The summed E-state index contributed by atoms with van der Waals surface area (Å²) in [6.45, 7) is 6.83. The van der Waals surface area contributed by atoms with Gasteiger partial charge in [0, 0.05) is 19.3 Å². The Kier molecular flexibility index (Phi) is 3.03. The fraction of sp³-hybridized carbons (Fsp3) is 0.615. The minimum atomic E-state index is 0.457. The Hall–Kier alpha value is -1.25. The van der Waals surface area contributed by atoms with Gasteiger partial charge in [-0.2, -0.15) is 0 Å². The lowest BCUT2D eigenvalue weighted by molar-refractivity contribution is 0.325. The summed E-state index contributed by atoms with van der Waals surface area (Å²) >= 11 is 0. The topological polar surface area (TPSA) is 42.2 Å². The van der Waals surface area contributed by atoms with Crippen molar-refractivity contribution in [3.05, 3.63) is 18.3 Å². The van der Waals surface area contributed by atoms with Crippen molar-refractivity contribution in [2.24, 2.45) is 5.41 Å². The highest BCUT2D eigenvalue weighted by Crippen LogP contribution is 2.32. The Morgan fingerprint density at radius 2 is 2.12 bits per heavy atom. The van der Waals surface area contributed by atoms with Gasteiger partial charge in [-0.25, -0.2) is 4.98 Å². The van der Waals surface area contributed by atoms with E-state index in [9.17, 15) is 0 Å². The Morgan fingerprint density at radius 1 is 1.31 bits per heavy atom. The van der Waals surface area contributed by atoms with Crippen LogP contribution in [0, 0.1) is 5.41 Å². The molecular formula is C13H21N3. The number of nitrogens with two attached hydrogens (primary N) is 1. The first-order valence-corrected chi connectivity index (χ1v) is 6.04. The van der Waals surface area contributed by atoms with Crippen molar-refractivity contribution in [3.8, 4) is 0 Å². The summed E-state index contributed by atoms with van der Waals surface area (Å²) < 4.78 is 0. The molecular weight excluding hydrogens is 198 g/mol. The monoisotopic (exact) mass is 219 g/mol. The SMILES string of the molecule is CC1(C)CCCN(c2ncccc2N)CC1. The third-order valence-electron chi connectivity index (χ3n) is 3.46. The van der Waals surface area contributed by atoms with Gasteiger partial charge in [-0.15, -0.1) is 0 Å². The van der Waals surface area contributed by atoms with Crippen molar-refractivity contribution in [2.75, 3.05) is 23.7 Å². The van der Waals surface area contributed by atoms with Crippen molar-refractivity contribution >= 4 is 11.5 Å². The van der Waals surface area contributed by atoms with Crippen LogP contribution in [0.2, 0.25) is 0 Å². The van der Waals surface area contributed by atoms with Crippen LogP contribution >= 0.6 is 0 Å². The van der Waals surface area contributed by atoms with Crippen molar-refractivity contribution in [2.45, 2.75) is 33.1 Å². The molecule has 16 heavy (non-hydrogen) atoms. The lowest BCUT2D eigenvalue weighted by atomic mass is 9.85. The minimum absolute atomic E-state index is 0.457. The molecule has 1 fully saturated rings. The second kappa shape index (κ2) is 4.32. The van der Waals surface area contributed by atoms with Gasteiger partial charge in [0.05, 0.1) is 5.69 Å². The molecule has 2 N–H and O–H groups in total. The molecule has 0 spiro atoms. The van der Waals surface area contributed by atoms with Gasteiger partial charge in [-0.3, -0.25) is 0 Å². The minimum Gasteiger partial charge on any atom is -0.396 e. The Balaban J connectivity index is 2.14.